The standard InChI is InChI=1S/C22H22ClNO5/c1-3-28-22-17(23)12-15(13-19(22)27-2)8-9-21(26)29-14-20(25)24-11-10-16-6-4-5-7-18(16)24/h4-9,12-13H,3,10-11,14H2,1-2H3/b9-8+. The van der Waals surface area contributed by atoms with Crippen molar-refractivity contribution >= 4 is 35.2 Å². The highest BCUT2D eigenvalue weighted by Gasteiger charge is 2.24. The van der Waals surface area contributed by atoms with E-state index >= 15 is 0 Å². The van der Waals surface area contributed by atoms with Gasteiger partial charge in [-0.05, 0) is 48.7 Å². The van der Waals surface area contributed by atoms with Gasteiger partial charge in [-0.2, -0.15) is 0 Å². The minimum atomic E-state index is -0.616. The van der Waals surface area contributed by atoms with Gasteiger partial charge in [0.25, 0.3) is 5.91 Å². The fourth-order valence-corrected chi connectivity index (χ4v) is 3.41. The van der Waals surface area contributed by atoms with Crippen molar-refractivity contribution in [1.82, 2.24) is 0 Å². The summed E-state index contributed by atoms with van der Waals surface area (Å²) in [6.45, 7) is 2.58. The van der Waals surface area contributed by atoms with E-state index in [4.69, 9.17) is 25.8 Å². The zero-order valence-corrected chi connectivity index (χ0v) is 17.1. The van der Waals surface area contributed by atoms with E-state index in [1.165, 1.54) is 13.2 Å². The summed E-state index contributed by atoms with van der Waals surface area (Å²) in [5.74, 6) is 0.0559. The SMILES string of the molecule is CCOc1c(Cl)cc(/C=C/C(=O)OCC(=O)N2CCc3ccccc32)cc1OC. The number of methoxy groups -OCH3 is 1. The Balaban J connectivity index is 1.59. The van der Waals surface area contributed by atoms with Gasteiger partial charge < -0.3 is 19.1 Å². The van der Waals surface area contributed by atoms with E-state index in [2.05, 4.69) is 0 Å². The van der Waals surface area contributed by atoms with E-state index in [9.17, 15) is 9.59 Å². The van der Waals surface area contributed by atoms with Gasteiger partial charge >= 0.3 is 5.97 Å². The van der Waals surface area contributed by atoms with Crippen molar-refractivity contribution in [3.63, 3.8) is 0 Å². The van der Waals surface area contributed by atoms with Crippen LogP contribution in [0.5, 0.6) is 11.5 Å². The monoisotopic (exact) mass is 415 g/mol. The van der Waals surface area contributed by atoms with E-state index in [1.807, 2.05) is 31.2 Å². The molecule has 0 fully saturated rings. The van der Waals surface area contributed by atoms with Gasteiger partial charge in [-0.15, -0.1) is 0 Å². The van der Waals surface area contributed by atoms with Gasteiger partial charge in [0, 0.05) is 18.3 Å². The molecule has 0 saturated heterocycles. The van der Waals surface area contributed by atoms with Crippen LogP contribution >= 0.6 is 11.6 Å². The van der Waals surface area contributed by atoms with Crippen molar-refractivity contribution < 1.29 is 23.8 Å². The van der Waals surface area contributed by atoms with E-state index < -0.39 is 5.97 Å². The summed E-state index contributed by atoms with van der Waals surface area (Å²) in [5, 5.41) is 0.377. The lowest BCUT2D eigenvalue weighted by Crippen LogP contribution is -2.33. The lowest BCUT2D eigenvalue weighted by molar-refractivity contribution is -0.142. The minimum Gasteiger partial charge on any atom is -0.493 e. The van der Waals surface area contributed by atoms with Crippen LogP contribution in [0.1, 0.15) is 18.1 Å². The number of para-hydroxylation sites is 1. The number of hydrogen-bond donors (Lipinski definition) is 0. The fourth-order valence-electron chi connectivity index (χ4n) is 3.14. The first-order valence-corrected chi connectivity index (χ1v) is 9.64. The zero-order valence-electron chi connectivity index (χ0n) is 16.3. The molecule has 6 nitrogen and oxygen atoms in total. The van der Waals surface area contributed by atoms with Crippen molar-refractivity contribution in [3.8, 4) is 11.5 Å². The van der Waals surface area contributed by atoms with Crippen molar-refractivity contribution in [2.75, 3.05) is 31.8 Å². The highest BCUT2D eigenvalue weighted by Crippen LogP contribution is 2.36. The van der Waals surface area contributed by atoms with Gasteiger partial charge in [-0.1, -0.05) is 29.8 Å². The second-order valence-corrected chi connectivity index (χ2v) is 6.74. The molecule has 3 rings (SSSR count). The highest BCUT2D eigenvalue weighted by atomic mass is 35.5. The zero-order chi connectivity index (χ0) is 20.8. The fraction of sp³-hybridized carbons (Fsp3) is 0.273. The summed E-state index contributed by atoms with van der Waals surface area (Å²) in [4.78, 5) is 26.1. The average molecular weight is 416 g/mol. The maximum atomic E-state index is 12.4. The second kappa shape index (κ2) is 9.47. The van der Waals surface area contributed by atoms with Crippen molar-refractivity contribution in [3.05, 3.63) is 58.6 Å². The maximum Gasteiger partial charge on any atom is 0.331 e. The number of fused-ring (bicyclic) bond motifs is 1. The molecule has 0 atom stereocenters. The average Bonchev–Trinajstić information content (AvgIpc) is 3.16. The molecule has 0 aromatic heterocycles. The Morgan fingerprint density at radius 2 is 2.03 bits per heavy atom. The second-order valence-electron chi connectivity index (χ2n) is 6.33. The molecule has 1 aliphatic heterocycles. The molecule has 0 radical (unpaired) electrons. The molecule has 0 N–H and O–H groups in total. The molecular weight excluding hydrogens is 394 g/mol. The molecule has 2 aromatic rings. The molecule has 1 amide bonds. The van der Waals surface area contributed by atoms with Crippen LogP contribution < -0.4 is 14.4 Å². The summed E-state index contributed by atoms with van der Waals surface area (Å²) in [7, 11) is 1.51. The number of esters is 1. The van der Waals surface area contributed by atoms with Gasteiger partial charge in [-0.3, -0.25) is 4.79 Å². The number of rotatable bonds is 7. The largest absolute Gasteiger partial charge is 0.493 e. The Morgan fingerprint density at radius 3 is 2.79 bits per heavy atom. The van der Waals surface area contributed by atoms with Gasteiger partial charge in [0.15, 0.2) is 18.1 Å². The quantitative estimate of drug-likeness (QED) is 0.507. The molecule has 0 bridgehead atoms. The molecular formula is C22H22ClNO5. The van der Waals surface area contributed by atoms with Crippen LogP contribution in [0.15, 0.2) is 42.5 Å². The van der Waals surface area contributed by atoms with Crippen LogP contribution in [-0.4, -0.2) is 38.7 Å². The number of hydrogen-bond acceptors (Lipinski definition) is 5. The molecule has 2 aromatic carbocycles. The Bertz CT molecular complexity index is 941. The summed E-state index contributed by atoms with van der Waals surface area (Å²) in [6, 6.07) is 11.1. The molecule has 1 heterocycles. The van der Waals surface area contributed by atoms with Crippen LogP contribution in [0.3, 0.4) is 0 Å². The minimum absolute atomic E-state index is 0.248. The van der Waals surface area contributed by atoms with Crippen LogP contribution in [-0.2, 0) is 20.7 Å². The number of anilines is 1. The Kier molecular flexibility index (Phi) is 6.77. The maximum absolute atomic E-state index is 12.4. The molecule has 0 spiro atoms. The number of halogens is 1. The lowest BCUT2D eigenvalue weighted by atomic mass is 10.2. The van der Waals surface area contributed by atoms with Crippen LogP contribution in [0.4, 0.5) is 5.69 Å². The first-order chi connectivity index (χ1) is 14.0. The van der Waals surface area contributed by atoms with Gasteiger partial charge in [-0.25, -0.2) is 4.79 Å². The first-order valence-electron chi connectivity index (χ1n) is 9.27. The predicted molar refractivity (Wildman–Crippen MR) is 112 cm³/mol. The molecule has 0 unspecified atom stereocenters. The molecule has 0 saturated carbocycles. The van der Waals surface area contributed by atoms with Crippen molar-refractivity contribution in [1.29, 1.82) is 0 Å². The third-order valence-electron chi connectivity index (χ3n) is 4.48. The van der Waals surface area contributed by atoms with Crippen molar-refractivity contribution in [2.45, 2.75) is 13.3 Å². The molecule has 7 heteroatoms. The Labute approximate surface area is 174 Å². The van der Waals surface area contributed by atoms with E-state index in [1.54, 1.807) is 23.1 Å². The van der Waals surface area contributed by atoms with Crippen LogP contribution in [0.25, 0.3) is 6.08 Å². The number of carbonyl (C=O) groups is 2. The topological polar surface area (TPSA) is 65.1 Å². The number of ether oxygens (including phenoxy) is 3. The first kappa shape index (κ1) is 20.7. The third-order valence-corrected chi connectivity index (χ3v) is 4.76. The highest BCUT2D eigenvalue weighted by molar-refractivity contribution is 6.32. The van der Waals surface area contributed by atoms with Gasteiger partial charge in [0.05, 0.1) is 18.7 Å². The number of nitrogens with zero attached hydrogens (tertiary/aromatic N) is 1. The number of carbonyl (C=O) groups excluding carboxylic acids is 2. The van der Waals surface area contributed by atoms with Crippen molar-refractivity contribution in [2.24, 2.45) is 0 Å². The lowest BCUT2D eigenvalue weighted by Gasteiger charge is -2.16. The molecule has 1 aliphatic rings. The van der Waals surface area contributed by atoms with E-state index in [-0.39, 0.29) is 12.5 Å². The summed E-state index contributed by atoms with van der Waals surface area (Å²) in [6.07, 6.45) is 3.59. The normalized spacial score (nSPS) is 12.7. The predicted octanol–water partition coefficient (Wildman–Crippen LogP) is 3.89. The summed E-state index contributed by atoms with van der Waals surface area (Å²) in [5.41, 5.74) is 2.64. The van der Waals surface area contributed by atoms with Gasteiger partial charge in [0.2, 0.25) is 0 Å². The molecule has 152 valence electrons. The van der Waals surface area contributed by atoms with E-state index in [0.717, 1.165) is 17.7 Å². The van der Waals surface area contributed by atoms with Crippen LogP contribution in [0, 0.1) is 0 Å². The van der Waals surface area contributed by atoms with Crippen LogP contribution in [0.2, 0.25) is 5.02 Å². The summed E-state index contributed by atoms with van der Waals surface area (Å²) < 4.78 is 15.8. The molecule has 0 aliphatic carbocycles. The third kappa shape index (κ3) is 4.90. The Hall–Kier alpha value is -2.99. The van der Waals surface area contributed by atoms with E-state index in [0.29, 0.717) is 35.2 Å². The smallest absolute Gasteiger partial charge is 0.331 e. The number of benzene rings is 2. The van der Waals surface area contributed by atoms with Gasteiger partial charge in [0.1, 0.15) is 0 Å². The summed E-state index contributed by atoms with van der Waals surface area (Å²) >= 11 is 6.22. The molecule has 29 heavy (non-hydrogen) atoms. The number of amides is 1. The Morgan fingerprint density at radius 1 is 1.24 bits per heavy atom.